The van der Waals surface area contributed by atoms with Crippen LogP contribution in [0.3, 0.4) is 0 Å². The summed E-state index contributed by atoms with van der Waals surface area (Å²) < 4.78 is 37.5. The van der Waals surface area contributed by atoms with E-state index in [1.807, 2.05) is 13.8 Å². The zero-order valence-corrected chi connectivity index (χ0v) is 36.7. The Morgan fingerprint density at radius 3 is 2.08 bits per heavy atom. The maximum Gasteiger partial charge on any atom is 0.302 e. The second-order valence-electron chi connectivity index (χ2n) is 21.8. The average Bonchev–Trinajstić information content (AvgIpc) is 3.74. The second kappa shape index (κ2) is 15.6. The van der Waals surface area contributed by atoms with Gasteiger partial charge in [0.25, 0.3) is 0 Å². The highest BCUT2D eigenvalue weighted by Crippen LogP contribution is 2.76. The van der Waals surface area contributed by atoms with Crippen molar-refractivity contribution in [1.82, 2.24) is 0 Å². The van der Waals surface area contributed by atoms with Crippen molar-refractivity contribution in [2.24, 2.45) is 45.3 Å². The highest BCUT2D eigenvalue weighted by atomic mass is 16.8. The third kappa shape index (κ3) is 7.35. The van der Waals surface area contributed by atoms with Crippen molar-refractivity contribution in [2.45, 2.75) is 218 Å². The molecule has 59 heavy (non-hydrogen) atoms. The molecule has 0 amide bonds. The summed E-state index contributed by atoms with van der Waals surface area (Å²) in [5, 5.41) is 90.1. The van der Waals surface area contributed by atoms with Gasteiger partial charge in [-0.1, -0.05) is 34.6 Å². The normalized spacial score (nSPS) is 54.9. The molecule has 22 atom stereocenters. The highest BCUT2D eigenvalue weighted by molar-refractivity contribution is 5.65. The minimum Gasteiger partial charge on any atom is -0.463 e. The van der Waals surface area contributed by atoms with E-state index in [0.29, 0.717) is 25.7 Å². The Morgan fingerprint density at radius 2 is 1.46 bits per heavy atom. The van der Waals surface area contributed by atoms with E-state index in [4.69, 9.17) is 28.4 Å². The van der Waals surface area contributed by atoms with E-state index >= 15 is 0 Å². The largest absolute Gasteiger partial charge is 0.463 e. The topological polar surface area (TPSA) is 234 Å². The Balaban J connectivity index is 1.27. The summed E-state index contributed by atoms with van der Waals surface area (Å²) in [5.74, 6) is -0.947. The summed E-state index contributed by atoms with van der Waals surface area (Å²) in [4.78, 5) is 11.9. The lowest BCUT2D eigenvalue weighted by atomic mass is 9.34. The molecule has 0 spiro atoms. The lowest BCUT2D eigenvalue weighted by Crippen LogP contribution is -2.71. The molecule has 3 aliphatic heterocycles. The monoisotopic (exact) mass is 843 g/mol. The molecule has 15 heteroatoms. The van der Waals surface area contributed by atoms with Crippen LogP contribution in [0, 0.1) is 45.3 Å². The molecule has 15 nitrogen and oxygen atoms in total. The molecule has 0 aromatic heterocycles. The van der Waals surface area contributed by atoms with Crippen LogP contribution in [-0.2, 0) is 33.2 Å². The number of aliphatic hydroxyl groups is 8. The molecule has 7 fully saturated rings. The first-order valence-corrected chi connectivity index (χ1v) is 22.1. The van der Waals surface area contributed by atoms with Crippen LogP contribution in [-0.4, -0.2) is 150 Å². The fourth-order valence-corrected chi connectivity index (χ4v) is 14.3. The SMILES string of the molecule is CC(=O)OC[C@H]1O[C@@H](O[C@H]2C[C@]3(C)[C@H](C[C@@H](O)[C@@H]4C([C@]5(C)CC[C@H](C(C)(C)O)O5)CC[C@]43C)[C@@]3(C)CC[C@H](O)C(C)(C)[C@H]23)[C@H](O[C@@H]2O[C@@H](C)[C@H](O)[C@@H](O)[C@H]2O)[C@@H](O)[C@@H]1O. The molecule has 7 aliphatic rings. The van der Waals surface area contributed by atoms with Gasteiger partial charge in [-0.2, -0.15) is 0 Å². The first kappa shape index (κ1) is 46.0. The van der Waals surface area contributed by atoms with Gasteiger partial charge in [-0.3, -0.25) is 4.79 Å². The lowest BCUT2D eigenvalue weighted by molar-refractivity contribution is -0.382. The summed E-state index contributed by atoms with van der Waals surface area (Å²) in [6.45, 7) is 19.0. The quantitative estimate of drug-likeness (QED) is 0.129. The predicted octanol–water partition coefficient (Wildman–Crippen LogP) is 1.93. The molecule has 7 rings (SSSR count). The molecule has 340 valence electrons. The number of hydrogen-bond acceptors (Lipinski definition) is 15. The van der Waals surface area contributed by atoms with Crippen LogP contribution >= 0.6 is 0 Å². The third-order valence-electron chi connectivity index (χ3n) is 17.6. The summed E-state index contributed by atoms with van der Waals surface area (Å²) in [6.07, 6.45) is -11.5. The van der Waals surface area contributed by atoms with Crippen molar-refractivity contribution in [3.63, 3.8) is 0 Å². The first-order valence-electron chi connectivity index (χ1n) is 22.1. The van der Waals surface area contributed by atoms with E-state index in [2.05, 4.69) is 27.7 Å². The van der Waals surface area contributed by atoms with Crippen molar-refractivity contribution < 1.29 is 74.1 Å². The van der Waals surface area contributed by atoms with Gasteiger partial charge in [-0.25, -0.2) is 0 Å². The highest BCUT2D eigenvalue weighted by Gasteiger charge is 2.74. The van der Waals surface area contributed by atoms with Gasteiger partial charge in [0.1, 0.15) is 49.3 Å². The number of esters is 1. The zero-order chi connectivity index (χ0) is 43.6. The Labute approximate surface area is 349 Å². The zero-order valence-electron chi connectivity index (χ0n) is 36.7. The lowest BCUT2D eigenvalue weighted by Gasteiger charge is -2.72. The Bertz CT molecular complexity index is 1540. The fraction of sp³-hybridized carbons (Fsp3) is 0.977. The van der Waals surface area contributed by atoms with E-state index in [1.54, 1.807) is 13.8 Å². The smallest absolute Gasteiger partial charge is 0.302 e. The first-order chi connectivity index (χ1) is 27.2. The predicted molar refractivity (Wildman–Crippen MR) is 210 cm³/mol. The number of rotatable bonds is 8. The third-order valence-corrected chi connectivity index (χ3v) is 17.6. The molecule has 0 aromatic carbocycles. The van der Waals surface area contributed by atoms with Gasteiger partial charge >= 0.3 is 5.97 Å². The van der Waals surface area contributed by atoms with E-state index < -0.39 is 120 Å². The van der Waals surface area contributed by atoms with Crippen molar-refractivity contribution in [3.05, 3.63) is 0 Å². The number of fused-ring (bicyclic) bond motifs is 5. The van der Waals surface area contributed by atoms with E-state index in [-0.39, 0.29) is 35.2 Å². The average molecular weight is 843 g/mol. The summed E-state index contributed by atoms with van der Waals surface area (Å²) in [6, 6.07) is 0. The number of ether oxygens (including phenoxy) is 6. The van der Waals surface area contributed by atoms with Gasteiger partial charge in [-0.15, -0.1) is 0 Å². The number of carbonyl (C=O) groups excluding carboxylic acids is 1. The molecule has 4 aliphatic carbocycles. The minimum atomic E-state index is -1.72. The van der Waals surface area contributed by atoms with Crippen molar-refractivity contribution in [2.75, 3.05) is 6.61 Å². The molecular formula is C44H74O15. The van der Waals surface area contributed by atoms with Crippen LogP contribution < -0.4 is 0 Å². The minimum absolute atomic E-state index is 0.0340. The van der Waals surface area contributed by atoms with Gasteiger partial charge < -0.3 is 69.3 Å². The van der Waals surface area contributed by atoms with E-state index in [9.17, 15) is 45.6 Å². The van der Waals surface area contributed by atoms with Crippen LogP contribution in [0.4, 0.5) is 0 Å². The van der Waals surface area contributed by atoms with Gasteiger partial charge in [0.05, 0.1) is 41.7 Å². The van der Waals surface area contributed by atoms with Crippen LogP contribution in [0.1, 0.15) is 121 Å². The molecule has 8 N–H and O–H groups in total. The molecule has 0 aromatic rings. The van der Waals surface area contributed by atoms with Crippen molar-refractivity contribution in [1.29, 1.82) is 0 Å². The molecule has 0 radical (unpaired) electrons. The van der Waals surface area contributed by atoms with Crippen LogP contribution in [0.2, 0.25) is 0 Å². The number of hydrogen-bond donors (Lipinski definition) is 8. The van der Waals surface area contributed by atoms with Gasteiger partial charge in [0.15, 0.2) is 12.6 Å². The van der Waals surface area contributed by atoms with Crippen LogP contribution in [0.15, 0.2) is 0 Å². The molecule has 3 saturated heterocycles. The van der Waals surface area contributed by atoms with Crippen molar-refractivity contribution >= 4 is 5.97 Å². The standard InChI is InChI=1S/C44H74O15/c1-20-30(48)32(50)34(52)37(55-20)58-35-33(51)31(49)25(19-54-21(2)45)57-38(35)56-24-18-43(9)26(41(7)14-12-27(47)39(3,4)36(24)41)17-23(46)29-22(11-15-42(29,43)8)44(10)16-13-28(59-44)40(5,6)53/h20,22-38,46-53H,11-19H2,1-10H3/t20-,22?,23+,24-,25+,26+,27-,28+,29-,30-,31+,32+,33-,34+,35+,36-,37-,38+,41+,42+,43+,44-/m0/s1. The summed E-state index contributed by atoms with van der Waals surface area (Å²) in [7, 11) is 0. The number of aliphatic hydroxyl groups excluding tert-OH is 7. The van der Waals surface area contributed by atoms with E-state index in [1.165, 1.54) is 13.8 Å². The van der Waals surface area contributed by atoms with Gasteiger partial charge in [-0.05, 0) is 124 Å². The Hall–Kier alpha value is -1.05. The Kier molecular flexibility index (Phi) is 12.1. The maximum atomic E-state index is 12.4. The van der Waals surface area contributed by atoms with Gasteiger partial charge in [0.2, 0.25) is 0 Å². The summed E-state index contributed by atoms with van der Waals surface area (Å²) >= 11 is 0. The molecule has 4 saturated carbocycles. The molecular weight excluding hydrogens is 768 g/mol. The molecule has 1 unspecified atom stereocenters. The number of carbonyl (C=O) groups is 1. The van der Waals surface area contributed by atoms with Crippen LogP contribution in [0.5, 0.6) is 0 Å². The fourth-order valence-electron chi connectivity index (χ4n) is 14.3. The maximum absolute atomic E-state index is 12.4. The van der Waals surface area contributed by atoms with Crippen LogP contribution in [0.25, 0.3) is 0 Å². The van der Waals surface area contributed by atoms with Gasteiger partial charge in [0, 0.05) is 6.92 Å². The van der Waals surface area contributed by atoms with Crippen molar-refractivity contribution in [3.8, 4) is 0 Å². The Morgan fingerprint density at radius 1 is 0.780 bits per heavy atom. The van der Waals surface area contributed by atoms with E-state index in [0.717, 1.165) is 25.7 Å². The summed E-state index contributed by atoms with van der Waals surface area (Å²) in [5.41, 5.74) is -3.49. The molecule has 0 bridgehead atoms. The second-order valence-corrected chi connectivity index (χ2v) is 21.8. The molecule has 3 heterocycles.